The molecule has 2 heterocycles. The van der Waals surface area contributed by atoms with Crippen molar-refractivity contribution >= 4 is 23.2 Å². The Labute approximate surface area is 173 Å². The largest absolute Gasteiger partial charge is 0.338 e. The lowest BCUT2D eigenvalue weighted by Gasteiger charge is -2.35. The third-order valence-corrected chi connectivity index (χ3v) is 5.08. The SMILES string of the molecule is CC1CC(C)CN(C(=O)c2ccccc2NC(=O)Cn2cc([N+](=O)[O-])ccc2=O)C1. The Bertz CT molecular complexity index is 1020. The molecule has 30 heavy (non-hydrogen) atoms. The number of carbonyl (C=O) groups excluding carboxylic acids is 2. The smallest absolute Gasteiger partial charge is 0.285 e. The van der Waals surface area contributed by atoms with Gasteiger partial charge >= 0.3 is 0 Å². The van der Waals surface area contributed by atoms with E-state index in [1.165, 1.54) is 0 Å². The molecule has 1 aliphatic heterocycles. The minimum Gasteiger partial charge on any atom is -0.338 e. The molecule has 0 bridgehead atoms. The van der Waals surface area contributed by atoms with Crippen LogP contribution in [0.5, 0.6) is 0 Å². The number of hydrogen-bond donors (Lipinski definition) is 1. The number of pyridine rings is 1. The Morgan fingerprint density at radius 3 is 2.47 bits per heavy atom. The minimum atomic E-state index is -0.636. The molecule has 0 radical (unpaired) electrons. The average Bonchev–Trinajstić information content (AvgIpc) is 2.68. The zero-order valence-corrected chi connectivity index (χ0v) is 16.9. The number of amides is 2. The number of likely N-dealkylation sites (tertiary alicyclic amines) is 1. The summed E-state index contributed by atoms with van der Waals surface area (Å²) in [6.45, 7) is 5.14. The molecular weight excluding hydrogens is 388 g/mol. The fourth-order valence-corrected chi connectivity index (χ4v) is 3.87. The van der Waals surface area contributed by atoms with Gasteiger partial charge in [0.25, 0.3) is 17.2 Å². The second kappa shape index (κ2) is 8.89. The Morgan fingerprint density at radius 2 is 1.80 bits per heavy atom. The molecule has 1 aliphatic rings. The second-order valence-electron chi connectivity index (χ2n) is 7.86. The van der Waals surface area contributed by atoms with Crippen LogP contribution in [0.25, 0.3) is 0 Å². The van der Waals surface area contributed by atoms with E-state index in [9.17, 15) is 24.5 Å². The Morgan fingerprint density at radius 1 is 1.13 bits per heavy atom. The number of nitro groups is 1. The summed E-state index contributed by atoms with van der Waals surface area (Å²) in [5, 5.41) is 13.6. The summed E-state index contributed by atoms with van der Waals surface area (Å²) < 4.78 is 0.964. The molecule has 0 aliphatic carbocycles. The standard InChI is InChI=1S/C21H24N4O5/c1-14-9-15(2)11-24(10-14)21(28)17-5-3-4-6-18(17)22-19(26)13-23-12-16(25(29)30)7-8-20(23)27/h3-8,12,14-15H,9-11,13H2,1-2H3,(H,22,26). The van der Waals surface area contributed by atoms with Gasteiger partial charge in [-0.05, 0) is 30.4 Å². The number of para-hydroxylation sites is 1. The van der Waals surface area contributed by atoms with Crippen LogP contribution < -0.4 is 10.9 Å². The van der Waals surface area contributed by atoms with E-state index in [4.69, 9.17) is 0 Å². The first kappa shape index (κ1) is 21.2. The van der Waals surface area contributed by atoms with Crippen molar-refractivity contribution in [1.29, 1.82) is 0 Å². The Kier molecular flexibility index (Phi) is 6.29. The topological polar surface area (TPSA) is 115 Å². The van der Waals surface area contributed by atoms with Crippen molar-refractivity contribution in [3.8, 4) is 0 Å². The molecule has 2 unspecified atom stereocenters. The molecular formula is C21H24N4O5. The zero-order valence-electron chi connectivity index (χ0n) is 16.9. The molecule has 1 N–H and O–H groups in total. The van der Waals surface area contributed by atoms with Crippen molar-refractivity contribution in [3.63, 3.8) is 0 Å². The van der Waals surface area contributed by atoms with Crippen molar-refractivity contribution in [2.24, 2.45) is 11.8 Å². The number of nitrogens with one attached hydrogen (secondary N) is 1. The van der Waals surface area contributed by atoms with E-state index in [-0.39, 0.29) is 11.6 Å². The minimum absolute atomic E-state index is 0.156. The number of anilines is 1. The van der Waals surface area contributed by atoms with E-state index in [1.807, 2.05) is 0 Å². The summed E-state index contributed by atoms with van der Waals surface area (Å²) in [4.78, 5) is 49.6. The maximum atomic E-state index is 13.1. The van der Waals surface area contributed by atoms with Gasteiger partial charge in [-0.15, -0.1) is 0 Å². The summed E-state index contributed by atoms with van der Waals surface area (Å²) in [5.74, 6) is 0.0930. The highest BCUT2D eigenvalue weighted by Crippen LogP contribution is 2.25. The number of carbonyl (C=O) groups is 2. The maximum Gasteiger partial charge on any atom is 0.285 e. The van der Waals surface area contributed by atoms with Gasteiger partial charge in [0.2, 0.25) is 5.91 Å². The third kappa shape index (κ3) is 4.91. The van der Waals surface area contributed by atoms with Crippen molar-refractivity contribution in [2.45, 2.75) is 26.8 Å². The second-order valence-corrected chi connectivity index (χ2v) is 7.86. The van der Waals surface area contributed by atoms with Gasteiger partial charge in [-0.1, -0.05) is 26.0 Å². The molecule has 9 nitrogen and oxygen atoms in total. The number of piperidine rings is 1. The number of aromatic nitrogens is 1. The summed E-state index contributed by atoms with van der Waals surface area (Å²) >= 11 is 0. The Balaban J connectivity index is 1.77. The van der Waals surface area contributed by atoms with E-state index in [0.717, 1.165) is 29.3 Å². The summed E-state index contributed by atoms with van der Waals surface area (Å²) in [6.07, 6.45) is 2.09. The zero-order chi connectivity index (χ0) is 21.8. The lowest BCUT2D eigenvalue weighted by Crippen LogP contribution is -2.42. The number of nitrogens with zero attached hydrogens (tertiary/aromatic N) is 3. The van der Waals surface area contributed by atoms with Crippen LogP contribution in [0.15, 0.2) is 47.4 Å². The highest BCUT2D eigenvalue weighted by Gasteiger charge is 2.27. The van der Waals surface area contributed by atoms with Crippen LogP contribution in [0.4, 0.5) is 11.4 Å². The fraction of sp³-hybridized carbons (Fsp3) is 0.381. The van der Waals surface area contributed by atoms with Crippen LogP contribution in [0.3, 0.4) is 0 Å². The number of benzene rings is 1. The predicted molar refractivity (Wildman–Crippen MR) is 111 cm³/mol. The lowest BCUT2D eigenvalue weighted by atomic mass is 9.91. The van der Waals surface area contributed by atoms with Crippen LogP contribution in [-0.2, 0) is 11.3 Å². The molecule has 0 saturated carbocycles. The van der Waals surface area contributed by atoms with Gasteiger partial charge in [0.05, 0.1) is 22.4 Å². The van der Waals surface area contributed by atoms with E-state index >= 15 is 0 Å². The van der Waals surface area contributed by atoms with Crippen LogP contribution in [0.2, 0.25) is 0 Å². The van der Waals surface area contributed by atoms with Crippen molar-refractivity contribution in [2.75, 3.05) is 18.4 Å². The predicted octanol–water partition coefficient (Wildman–Crippen LogP) is 2.51. The first-order chi connectivity index (χ1) is 14.2. The van der Waals surface area contributed by atoms with Crippen molar-refractivity contribution in [3.05, 3.63) is 68.6 Å². The van der Waals surface area contributed by atoms with Gasteiger partial charge < -0.3 is 10.2 Å². The molecule has 158 valence electrons. The number of hydrogen-bond acceptors (Lipinski definition) is 5. The van der Waals surface area contributed by atoms with Gasteiger partial charge in [-0.3, -0.25) is 29.1 Å². The Hall–Kier alpha value is -3.49. The lowest BCUT2D eigenvalue weighted by molar-refractivity contribution is -0.385. The van der Waals surface area contributed by atoms with Gasteiger partial charge in [-0.2, -0.15) is 0 Å². The highest BCUT2D eigenvalue weighted by atomic mass is 16.6. The summed E-state index contributed by atoms with van der Waals surface area (Å²) in [7, 11) is 0. The molecule has 1 fully saturated rings. The molecule has 9 heteroatoms. The summed E-state index contributed by atoms with van der Waals surface area (Å²) in [5.41, 5.74) is -0.0990. The molecule has 2 atom stereocenters. The van der Waals surface area contributed by atoms with E-state index in [2.05, 4.69) is 19.2 Å². The molecule has 1 aromatic carbocycles. The first-order valence-electron chi connectivity index (χ1n) is 9.77. The van der Waals surface area contributed by atoms with E-state index < -0.39 is 22.9 Å². The van der Waals surface area contributed by atoms with Gasteiger partial charge in [0.15, 0.2) is 0 Å². The molecule has 2 aromatic rings. The van der Waals surface area contributed by atoms with Crippen LogP contribution in [-0.4, -0.2) is 39.3 Å². The van der Waals surface area contributed by atoms with E-state index in [1.54, 1.807) is 29.2 Å². The normalized spacial score (nSPS) is 18.7. The van der Waals surface area contributed by atoms with Gasteiger partial charge in [-0.25, -0.2) is 0 Å². The molecule has 1 aromatic heterocycles. The highest BCUT2D eigenvalue weighted by molar-refractivity contribution is 6.03. The van der Waals surface area contributed by atoms with Crippen LogP contribution >= 0.6 is 0 Å². The molecule has 0 spiro atoms. The quantitative estimate of drug-likeness (QED) is 0.599. The molecule has 2 amide bonds. The average molecular weight is 412 g/mol. The van der Waals surface area contributed by atoms with Crippen molar-refractivity contribution < 1.29 is 14.5 Å². The van der Waals surface area contributed by atoms with Crippen molar-refractivity contribution in [1.82, 2.24) is 9.47 Å². The maximum absolute atomic E-state index is 13.1. The van der Waals surface area contributed by atoms with E-state index in [0.29, 0.717) is 36.2 Å². The third-order valence-electron chi connectivity index (χ3n) is 5.08. The molecule has 1 saturated heterocycles. The monoisotopic (exact) mass is 412 g/mol. The fourth-order valence-electron chi connectivity index (χ4n) is 3.87. The number of rotatable bonds is 5. The van der Waals surface area contributed by atoms with Gasteiger partial charge in [0, 0.05) is 25.2 Å². The van der Waals surface area contributed by atoms with Crippen LogP contribution in [0.1, 0.15) is 30.6 Å². The van der Waals surface area contributed by atoms with Crippen LogP contribution in [0, 0.1) is 22.0 Å². The van der Waals surface area contributed by atoms with Gasteiger partial charge in [0.1, 0.15) is 6.54 Å². The summed E-state index contributed by atoms with van der Waals surface area (Å²) in [6, 6.07) is 8.84. The first-order valence-corrected chi connectivity index (χ1v) is 9.77. The molecule has 3 rings (SSSR count).